The third-order valence-corrected chi connectivity index (χ3v) is 3.79. The van der Waals surface area contributed by atoms with Crippen molar-refractivity contribution in [3.8, 4) is 0 Å². The van der Waals surface area contributed by atoms with Crippen LogP contribution >= 0.6 is 11.3 Å². The van der Waals surface area contributed by atoms with Crippen molar-refractivity contribution in [3.63, 3.8) is 0 Å². The molecular formula is C13H15NO2S. The second kappa shape index (κ2) is 5.29. The van der Waals surface area contributed by atoms with E-state index < -0.39 is 0 Å². The van der Waals surface area contributed by atoms with Crippen LogP contribution in [0.5, 0.6) is 0 Å². The molecule has 0 saturated carbocycles. The quantitative estimate of drug-likeness (QED) is 0.875. The molecular weight excluding hydrogens is 234 g/mol. The lowest BCUT2D eigenvalue weighted by Crippen LogP contribution is -2.24. The summed E-state index contributed by atoms with van der Waals surface area (Å²) in [4.78, 5) is 11.8. The van der Waals surface area contributed by atoms with Gasteiger partial charge in [-0.3, -0.25) is 4.79 Å². The molecule has 0 aliphatic carbocycles. The number of aliphatic hydroxyl groups excluding tert-OH is 1. The number of hydrogen-bond acceptors (Lipinski definition) is 3. The molecule has 1 atom stereocenters. The van der Waals surface area contributed by atoms with Gasteiger partial charge in [0.15, 0.2) is 0 Å². The third-order valence-electron chi connectivity index (χ3n) is 2.82. The van der Waals surface area contributed by atoms with Gasteiger partial charge in [0.05, 0.1) is 18.2 Å². The van der Waals surface area contributed by atoms with Gasteiger partial charge in [0.1, 0.15) is 0 Å². The average Bonchev–Trinajstić information content (AvgIpc) is 2.74. The molecule has 1 unspecified atom stereocenters. The van der Waals surface area contributed by atoms with Gasteiger partial charge >= 0.3 is 0 Å². The Morgan fingerprint density at radius 2 is 2.24 bits per heavy atom. The molecule has 0 aliphatic rings. The predicted octanol–water partition coefficient (Wildman–Crippen LogP) is 2.86. The van der Waals surface area contributed by atoms with Crippen molar-refractivity contribution in [1.82, 2.24) is 0 Å². The number of hydrogen-bond donors (Lipinski definition) is 2. The summed E-state index contributed by atoms with van der Waals surface area (Å²) >= 11 is 1.61. The van der Waals surface area contributed by atoms with Crippen LogP contribution in [0.3, 0.4) is 0 Å². The Hall–Kier alpha value is -1.39. The molecule has 1 aromatic heterocycles. The zero-order valence-corrected chi connectivity index (χ0v) is 10.5. The van der Waals surface area contributed by atoms with Crippen molar-refractivity contribution in [2.24, 2.45) is 5.92 Å². The molecule has 0 bridgehead atoms. The van der Waals surface area contributed by atoms with Crippen LogP contribution in [0, 0.1) is 5.92 Å². The fraction of sp³-hybridized carbons (Fsp3) is 0.308. The highest BCUT2D eigenvalue weighted by atomic mass is 32.1. The summed E-state index contributed by atoms with van der Waals surface area (Å²) < 4.78 is 1.15. The third kappa shape index (κ3) is 2.48. The van der Waals surface area contributed by atoms with Crippen molar-refractivity contribution in [2.75, 3.05) is 11.9 Å². The highest BCUT2D eigenvalue weighted by molar-refractivity contribution is 7.17. The number of carbonyl (C=O) groups excluding carboxylic acids is 1. The summed E-state index contributed by atoms with van der Waals surface area (Å²) in [5.74, 6) is -0.438. The van der Waals surface area contributed by atoms with Crippen molar-refractivity contribution < 1.29 is 9.90 Å². The lowest BCUT2D eigenvalue weighted by Gasteiger charge is -2.11. The number of fused-ring (bicyclic) bond motifs is 1. The van der Waals surface area contributed by atoms with Gasteiger partial charge in [-0.1, -0.05) is 25.1 Å². The van der Waals surface area contributed by atoms with Crippen LogP contribution < -0.4 is 5.32 Å². The van der Waals surface area contributed by atoms with E-state index >= 15 is 0 Å². The minimum Gasteiger partial charge on any atom is -0.396 e. The van der Waals surface area contributed by atoms with Crippen LogP contribution in [0.15, 0.2) is 29.6 Å². The SMILES string of the molecule is CCC(CO)C(=O)Nc1csc2ccccc12. The van der Waals surface area contributed by atoms with Gasteiger partial charge in [-0.25, -0.2) is 0 Å². The highest BCUT2D eigenvalue weighted by Crippen LogP contribution is 2.30. The Balaban J connectivity index is 2.21. The molecule has 0 spiro atoms. The first-order valence-electron chi connectivity index (χ1n) is 5.64. The average molecular weight is 249 g/mol. The van der Waals surface area contributed by atoms with Crippen LogP contribution in [0.4, 0.5) is 5.69 Å². The van der Waals surface area contributed by atoms with Crippen LogP contribution in [0.2, 0.25) is 0 Å². The van der Waals surface area contributed by atoms with Crippen LogP contribution in [0.25, 0.3) is 10.1 Å². The molecule has 2 rings (SSSR count). The molecule has 2 N–H and O–H groups in total. The van der Waals surface area contributed by atoms with E-state index in [9.17, 15) is 4.79 Å². The van der Waals surface area contributed by atoms with E-state index in [2.05, 4.69) is 5.32 Å². The summed E-state index contributed by atoms with van der Waals surface area (Å²) in [5.41, 5.74) is 0.836. The second-order valence-corrected chi connectivity index (χ2v) is 4.83. The van der Waals surface area contributed by atoms with Crippen molar-refractivity contribution in [3.05, 3.63) is 29.6 Å². The van der Waals surface area contributed by atoms with Gasteiger partial charge in [0.25, 0.3) is 0 Å². The molecule has 1 heterocycles. The molecule has 1 aromatic carbocycles. The van der Waals surface area contributed by atoms with Crippen LogP contribution in [-0.4, -0.2) is 17.6 Å². The number of nitrogens with one attached hydrogen (secondary N) is 1. The monoisotopic (exact) mass is 249 g/mol. The topological polar surface area (TPSA) is 49.3 Å². The molecule has 0 radical (unpaired) electrons. The summed E-state index contributed by atoms with van der Waals surface area (Å²) in [6, 6.07) is 7.95. The molecule has 0 aliphatic heterocycles. The van der Waals surface area contributed by atoms with Gasteiger partial charge in [-0.05, 0) is 12.5 Å². The molecule has 90 valence electrons. The summed E-state index contributed by atoms with van der Waals surface area (Å²) in [6.07, 6.45) is 0.643. The van der Waals surface area contributed by atoms with Crippen molar-refractivity contribution in [2.45, 2.75) is 13.3 Å². The summed E-state index contributed by atoms with van der Waals surface area (Å²) in [6.45, 7) is 1.79. The molecule has 4 heteroatoms. The smallest absolute Gasteiger partial charge is 0.229 e. The number of amides is 1. The first-order valence-corrected chi connectivity index (χ1v) is 6.52. The first kappa shape index (κ1) is 12.1. The van der Waals surface area contributed by atoms with E-state index in [1.807, 2.05) is 36.6 Å². The standard InChI is InChI=1S/C13H15NO2S/c1-2-9(7-15)13(16)14-11-8-17-12-6-4-3-5-10(11)12/h3-6,8-9,15H,2,7H2,1H3,(H,14,16). The molecule has 1 amide bonds. The van der Waals surface area contributed by atoms with Crippen molar-refractivity contribution >= 4 is 33.0 Å². The number of benzene rings is 1. The second-order valence-electron chi connectivity index (χ2n) is 3.92. The maximum absolute atomic E-state index is 11.8. The van der Waals surface area contributed by atoms with Gasteiger partial charge in [-0.15, -0.1) is 11.3 Å². The number of thiophene rings is 1. The van der Waals surface area contributed by atoms with E-state index in [1.54, 1.807) is 11.3 Å². The first-order chi connectivity index (χ1) is 8.26. The Morgan fingerprint density at radius 3 is 2.94 bits per heavy atom. The zero-order chi connectivity index (χ0) is 12.3. The van der Waals surface area contributed by atoms with E-state index in [1.165, 1.54) is 0 Å². The molecule has 0 fully saturated rings. The summed E-state index contributed by atoms with van der Waals surface area (Å²) in [5, 5.41) is 14.9. The number of rotatable bonds is 4. The zero-order valence-electron chi connectivity index (χ0n) is 9.64. The summed E-state index contributed by atoms with van der Waals surface area (Å²) in [7, 11) is 0. The predicted molar refractivity (Wildman–Crippen MR) is 71.3 cm³/mol. The van der Waals surface area contributed by atoms with E-state index in [-0.39, 0.29) is 18.4 Å². The highest BCUT2D eigenvalue weighted by Gasteiger charge is 2.16. The fourth-order valence-electron chi connectivity index (χ4n) is 1.71. The minimum absolute atomic E-state index is 0.107. The fourth-order valence-corrected chi connectivity index (χ4v) is 2.60. The van der Waals surface area contributed by atoms with Gasteiger partial charge in [-0.2, -0.15) is 0 Å². The van der Waals surface area contributed by atoms with Crippen LogP contribution in [-0.2, 0) is 4.79 Å². The molecule has 17 heavy (non-hydrogen) atoms. The molecule has 3 nitrogen and oxygen atoms in total. The van der Waals surface area contributed by atoms with Gasteiger partial charge < -0.3 is 10.4 Å². The molecule has 2 aromatic rings. The Labute approximate surface area is 104 Å². The van der Waals surface area contributed by atoms with Crippen molar-refractivity contribution in [1.29, 1.82) is 0 Å². The number of anilines is 1. The van der Waals surface area contributed by atoms with E-state index in [0.717, 1.165) is 15.8 Å². The van der Waals surface area contributed by atoms with Crippen LogP contribution in [0.1, 0.15) is 13.3 Å². The normalized spacial score (nSPS) is 12.6. The maximum atomic E-state index is 11.8. The Kier molecular flexibility index (Phi) is 3.76. The number of aliphatic hydroxyl groups is 1. The minimum atomic E-state index is -0.325. The lowest BCUT2D eigenvalue weighted by molar-refractivity contribution is -0.121. The van der Waals surface area contributed by atoms with E-state index in [4.69, 9.17) is 5.11 Å². The largest absolute Gasteiger partial charge is 0.396 e. The number of carbonyl (C=O) groups is 1. The van der Waals surface area contributed by atoms with Gasteiger partial charge in [0, 0.05) is 15.5 Å². The lowest BCUT2D eigenvalue weighted by atomic mass is 10.1. The van der Waals surface area contributed by atoms with Gasteiger partial charge in [0.2, 0.25) is 5.91 Å². The Bertz CT molecular complexity index is 517. The Morgan fingerprint density at radius 1 is 1.47 bits per heavy atom. The maximum Gasteiger partial charge on any atom is 0.229 e. The molecule has 0 saturated heterocycles. The van der Waals surface area contributed by atoms with E-state index in [0.29, 0.717) is 6.42 Å².